The molecule has 0 spiro atoms. The molecule has 1 N–H and O–H groups in total. The van der Waals surface area contributed by atoms with Crippen LogP contribution in [0.5, 0.6) is 5.75 Å². The van der Waals surface area contributed by atoms with Gasteiger partial charge in [0.25, 0.3) is 0 Å². The summed E-state index contributed by atoms with van der Waals surface area (Å²) in [6.07, 6.45) is -0.333. The van der Waals surface area contributed by atoms with Gasteiger partial charge in [-0.3, -0.25) is 0 Å². The molecule has 7 nitrogen and oxygen atoms in total. The van der Waals surface area contributed by atoms with Crippen molar-refractivity contribution in [3.63, 3.8) is 0 Å². The molecule has 27 heavy (non-hydrogen) atoms. The first kappa shape index (κ1) is 20.9. The first-order chi connectivity index (χ1) is 12.6. The van der Waals surface area contributed by atoms with Crippen molar-refractivity contribution in [2.75, 3.05) is 33.3 Å². The van der Waals surface area contributed by atoms with Gasteiger partial charge in [0, 0.05) is 31.7 Å². The van der Waals surface area contributed by atoms with E-state index < -0.39 is 5.60 Å². The minimum absolute atomic E-state index is 0.144. The van der Waals surface area contributed by atoms with Gasteiger partial charge < -0.3 is 24.6 Å². The van der Waals surface area contributed by atoms with Crippen molar-refractivity contribution < 1.29 is 19.1 Å². The Hall–Kier alpha value is -2.44. The van der Waals surface area contributed by atoms with Gasteiger partial charge in [-0.15, -0.1) is 0 Å². The summed E-state index contributed by atoms with van der Waals surface area (Å²) in [4.78, 5) is 28.1. The predicted molar refractivity (Wildman–Crippen MR) is 104 cm³/mol. The lowest BCUT2D eigenvalue weighted by molar-refractivity contribution is 0.0169. The molecule has 1 unspecified atom stereocenters. The van der Waals surface area contributed by atoms with Gasteiger partial charge in [-0.25, -0.2) is 9.59 Å². The lowest BCUT2D eigenvalue weighted by Crippen LogP contribution is -2.54. The number of carbonyl (C=O) groups is 2. The van der Waals surface area contributed by atoms with Crippen LogP contribution in [0, 0.1) is 6.92 Å². The van der Waals surface area contributed by atoms with Crippen molar-refractivity contribution in [1.82, 2.24) is 15.1 Å². The second-order valence-corrected chi connectivity index (χ2v) is 7.87. The first-order valence-electron chi connectivity index (χ1n) is 9.28. The van der Waals surface area contributed by atoms with Crippen LogP contribution in [0.15, 0.2) is 18.2 Å². The van der Waals surface area contributed by atoms with E-state index in [0.717, 1.165) is 16.9 Å². The maximum Gasteiger partial charge on any atom is 0.410 e. The third-order valence-electron chi connectivity index (χ3n) is 4.41. The Balaban J connectivity index is 1.91. The summed E-state index contributed by atoms with van der Waals surface area (Å²) in [5, 5.41) is 3.02. The Labute approximate surface area is 161 Å². The van der Waals surface area contributed by atoms with Gasteiger partial charge in [0.15, 0.2) is 0 Å². The molecule has 1 heterocycles. The van der Waals surface area contributed by atoms with E-state index in [0.29, 0.717) is 26.2 Å². The number of urea groups is 1. The number of rotatable bonds is 3. The molecule has 1 aliphatic heterocycles. The van der Waals surface area contributed by atoms with Gasteiger partial charge in [-0.05, 0) is 40.7 Å². The SMILES string of the molecule is COc1ccc(C)cc1C(C)NC(=O)N1CCN(C(=O)OC(C)(C)C)CC1. The van der Waals surface area contributed by atoms with Crippen LogP contribution in [0.25, 0.3) is 0 Å². The minimum atomic E-state index is -0.520. The molecule has 1 fully saturated rings. The fraction of sp³-hybridized carbons (Fsp3) is 0.600. The minimum Gasteiger partial charge on any atom is -0.496 e. The number of piperazine rings is 1. The molecule has 150 valence electrons. The molecule has 0 saturated carbocycles. The summed E-state index contributed by atoms with van der Waals surface area (Å²) < 4.78 is 10.8. The molecular formula is C20H31N3O4. The van der Waals surface area contributed by atoms with Crippen molar-refractivity contribution in [3.05, 3.63) is 29.3 Å². The lowest BCUT2D eigenvalue weighted by Gasteiger charge is -2.36. The number of ether oxygens (including phenoxy) is 2. The molecule has 0 bridgehead atoms. The zero-order valence-corrected chi connectivity index (χ0v) is 17.2. The van der Waals surface area contributed by atoms with Gasteiger partial charge in [-0.1, -0.05) is 17.7 Å². The molecule has 1 aliphatic rings. The maximum atomic E-state index is 12.6. The van der Waals surface area contributed by atoms with Crippen LogP contribution in [0.4, 0.5) is 9.59 Å². The molecule has 7 heteroatoms. The van der Waals surface area contributed by atoms with Crippen LogP contribution < -0.4 is 10.1 Å². The molecule has 3 amide bonds. The van der Waals surface area contributed by atoms with Gasteiger partial charge in [0.2, 0.25) is 0 Å². The summed E-state index contributed by atoms with van der Waals surface area (Å²) in [6, 6.07) is 5.58. The zero-order valence-electron chi connectivity index (χ0n) is 17.2. The van der Waals surface area contributed by atoms with Crippen LogP contribution in [0.2, 0.25) is 0 Å². The van der Waals surface area contributed by atoms with E-state index in [1.54, 1.807) is 16.9 Å². The third kappa shape index (κ3) is 5.77. The molecule has 0 aromatic heterocycles. The van der Waals surface area contributed by atoms with E-state index in [9.17, 15) is 9.59 Å². The number of carbonyl (C=O) groups excluding carboxylic acids is 2. The van der Waals surface area contributed by atoms with E-state index in [-0.39, 0.29) is 18.2 Å². The second kappa shape index (κ2) is 8.50. The Morgan fingerprint density at radius 1 is 1.11 bits per heavy atom. The number of nitrogens with zero attached hydrogens (tertiary/aromatic N) is 2. The van der Waals surface area contributed by atoms with Crippen LogP contribution in [-0.4, -0.2) is 60.8 Å². The molecule has 1 aromatic rings. The Morgan fingerprint density at radius 3 is 2.26 bits per heavy atom. The molecule has 0 radical (unpaired) electrons. The average molecular weight is 377 g/mol. The Morgan fingerprint density at radius 2 is 1.70 bits per heavy atom. The highest BCUT2D eigenvalue weighted by Crippen LogP contribution is 2.26. The number of hydrogen-bond donors (Lipinski definition) is 1. The summed E-state index contributed by atoms with van der Waals surface area (Å²) in [7, 11) is 1.62. The highest BCUT2D eigenvalue weighted by atomic mass is 16.6. The molecule has 1 aromatic carbocycles. The largest absolute Gasteiger partial charge is 0.496 e. The summed E-state index contributed by atoms with van der Waals surface area (Å²) in [5.74, 6) is 0.753. The smallest absolute Gasteiger partial charge is 0.410 e. The van der Waals surface area contributed by atoms with Crippen molar-refractivity contribution >= 4 is 12.1 Å². The van der Waals surface area contributed by atoms with Crippen molar-refractivity contribution in [1.29, 1.82) is 0 Å². The molecular weight excluding hydrogens is 346 g/mol. The van der Waals surface area contributed by atoms with Crippen LogP contribution >= 0.6 is 0 Å². The highest BCUT2D eigenvalue weighted by molar-refractivity contribution is 5.75. The maximum absolute atomic E-state index is 12.6. The zero-order chi connectivity index (χ0) is 20.2. The molecule has 1 atom stereocenters. The fourth-order valence-electron chi connectivity index (χ4n) is 2.97. The third-order valence-corrected chi connectivity index (χ3v) is 4.41. The van der Waals surface area contributed by atoms with Gasteiger partial charge in [0.05, 0.1) is 13.2 Å². The number of hydrogen-bond acceptors (Lipinski definition) is 4. The van der Waals surface area contributed by atoms with Crippen LogP contribution in [-0.2, 0) is 4.74 Å². The number of nitrogens with one attached hydrogen (secondary N) is 1. The van der Waals surface area contributed by atoms with Crippen molar-refractivity contribution in [2.45, 2.75) is 46.3 Å². The fourth-order valence-corrected chi connectivity index (χ4v) is 2.97. The topological polar surface area (TPSA) is 71.1 Å². The lowest BCUT2D eigenvalue weighted by atomic mass is 10.0. The van der Waals surface area contributed by atoms with E-state index in [1.165, 1.54) is 0 Å². The van der Waals surface area contributed by atoms with E-state index in [2.05, 4.69) is 5.32 Å². The number of benzene rings is 1. The second-order valence-electron chi connectivity index (χ2n) is 7.87. The van der Waals surface area contributed by atoms with Gasteiger partial charge in [-0.2, -0.15) is 0 Å². The van der Waals surface area contributed by atoms with Crippen LogP contribution in [0.3, 0.4) is 0 Å². The number of amides is 3. The molecule has 0 aliphatic carbocycles. The summed E-state index contributed by atoms with van der Waals surface area (Å²) in [5.41, 5.74) is 1.53. The normalized spacial score (nSPS) is 15.9. The highest BCUT2D eigenvalue weighted by Gasteiger charge is 2.28. The predicted octanol–water partition coefficient (Wildman–Crippen LogP) is 3.33. The van der Waals surface area contributed by atoms with Crippen molar-refractivity contribution in [2.24, 2.45) is 0 Å². The quantitative estimate of drug-likeness (QED) is 0.877. The molecule has 2 rings (SSSR count). The standard InChI is InChI=1S/C20H31N3O4/c1-14-7-8-17(26-6)16(13-14)15(2)21-18(24)22-9-11-23(12-10-22)19(25)27-20(3,4)5/h7-8,13,15H,9-12H2,1-6H3,(H,21,24). The number of aryl methyl sites for hydroxylation is 1. The van der Waals surface area contributed by atoms with E-state index >= 15 is 0 Å². The van der Waals surface area contributed by atoms with E-state index in [1.807, 2.05) is 52.8 Å². The average Bonchev–Trinajstić information content (AvgIpc) is 2.60. The Kier molecular flexibility index (Phi) is 6.57. The van der Waals surface area contributed by atoms with Gasteiger partial charge in [0.1, 0.15) is 11.4 Å². The first-order valence-corrected chi connectivity index (χ1v) is 9.28. The van der Waals surface area contributed by atoms with Crippen LogP contribution in [0.1, 0.15) is 44.9 Å². The summed E-state index contributed by atoms with van der Waals surface area (Å²) >= 11 is 0. The summed E-state index contributed by atoms with van der Waals surface area (Å²) in [6.45, 7) is 11.3. The molecule has 1 saturated heterocycles. The number of methoxy groups -OCH3 is 1. The Bertz CT molecular complexity index is 676. The van der Waals surface area contributed by atoms with E-state index in [4.69, 9.17) is 9.47 Å². The van der Waals surface area contributed by atoms with Crippen molar-refractivity contribution in [3.8, 4) is 5.75 Å². The monoisotopic (exact) mass is 377 g/mol. The van der Waals surface area contributed by atoms with Gasteiger partial charge >= 0.3 is 12.1 Å².